The first kappa shape index (κ1) is 32.4. The third-order valence-electron chi connectivity index (χ3n) is 9.88. The maximum absolute atomic E-state index is 16.2. The van der Waals surface area contributed by atoms with Crippen molar-refractivity contribution in [2.24, 2.45) is 0 Å². The quantitative estimate of drug-likeness (QED) is 0.237. The molecule has 0 unspecified atom stereocenters. The van der Waals surface area contributed by atoms with Crippen molar-refractivity contribution in [3.05, 3.63) is 125 Å². The number of pyridine rings is 1. The molecule has 3 aromatic heterocycles. The molecule has 11 nitrogen and oxygen atoms in total. The van der Waals surface area contributed by atoms with Crippen molar-refractivity contribution in [1.29, 1.82) is 0 Å². The molecule has 0 spiro atoms. The fraction of sp³-hybridized carbons (Fsp3) is 0.270. The molecule has 3 aromatic carbocycles. The maximum atomic E-state index is 16.2. The van der Waals surface area contributed by atoms with Crippen LogP contribution in [0, 0.1) is 5.82 Å². The summed E-state index contributed by atoms with van der Waals surface area (Å²) in [5.41, 5.74) is 0.767. The molecular formula is C37H34F3N9O2. The third-order valence-corrected chi connectivity index (χ3v) is 9.88. The fourth-order valence-corrected chi connectivity index (χ4v) is 6.99. The number of alkyl halides is 2. The molecule has 2 aliphatic rings. The minimum absolute atomic E-state index is 0.00632. The number of imidazole rings is 1. The lowest BCUT2D eigenvalue weighted by molar-refractivity contribution is -0.207. The van der Waals surface area contributed by atoms with Crippen LogP contribution in [-0.2, 0) is 18.1 Å². The first-order valence-corrected chi connectivity index (χ1v) is 16.7. The molecule has 0 saturated carbocycles. The Morgan fingerprint density at radius 2 is 1.45 bits per heavy atom. The molecule has 1 fully saturated rings. The number of piperazine rings is 1. The zero-order valence-corrected chi connectivity index (χ0v) is 27.9. The molecule has 0 amide bonds. The first-order chi connectivity index (χ1) is 24.5. The Bertz CT molecular complexity index is 2260. The number of hydrogen-bond donors (Lipinski definition) is 1. The van der Waals surface area contributed by atoms with Crippen molar-refractivity contribution in [1.82, 2.24) is 34.3 Å². The highest BCUT2D eigenvalue weighted by molar-refractivity contribution is 5.67. The maximum Gasteiger partial charge on any atom is 0.332 e. The number of aromatic nitrogens is 7. The van der Waals surface area contributed by atoms with Gasteiger partial charge in [0.15, 0.2) is 11.4 Å². The zero-order valence-electron chi connectivity index (χ0n) is 27.9. The Labute approximate surface area is 290 Å². The summed E-state index contributed by atoms with van der Waals surface area (Å²) in [6.45, 7) is 6.60. The van der Waals surface area contributed by atoms with E-state index in [1.54, 1.807) is 21.4 Å². The Morgan fingerprint density at radius 3 is 2.06 bits per heavy atom. The van der Waals surface area contributed by atoms with E-state index in [4.69, 9.17) is 0 Å². The Kier molecular flexibility index (Phi) is 7.78. The van der Waals surface area contributed by atoms with Gasteiger partial charge in [0.1, 0.15) is 11.5 Å². The normalized spacial score (nSPS) is 17.5. The predicted octanol–water partition coefficient (Wildman–Crippen LogP) is 5.39. The van der Waals surface area contributed by atoms with Crippen molar-refractivity contribution in [3.8, 4) is 28.2 Å². The van der Waals surface area contributed by atoms with Crippen LogP contribution in [0.2, 0.25) is 0 Å². The Morgan fingerprint density at radius 1 is 0.824 bits per heavy atom. The van der Waals surface area contributed by atoms with Crippen molar-refractivity contribution in [2.75, 3.05) is 36.0 Å². The largest absolute Gasteiger partial charge is 0.377 e. The molecule has 14 heteroatoms. The lowest BCUT2D eigenvalue weighted by Crippen LogP contribution is -2.49. The van der Waals surface area contributed by atoms with Gasteiger partial charge in [0.05, 0.1) is 12.2 Å². The number of fused-ring (bicyclic) bond motifs is 3. The highest BCUT2D eigenvalue weighted by Crippen LogP contribution is 2.50. The third kappa shape index (κ3) is 5.46. The second-order valence-corrected chi connectivity index (χ2v) is 13.2. The molecule has 2 aliphatic heterocycles. The van der Waals surface area contributed by atoms with Crippen LogP contribution in [0.15, 0.2) is 102 Å². The molecular weight excluding hydrogens is 659 g/mol. The van der Waals surface area contributed by atoms with E-state index in [9.17, 15) is 14.3 Å². The van der Waals surface area contributed by atoms with Gasteiger partial charge in [-0.2, -0.15) is 8.78 Å². The molecule has 1 saturated heterocycles. The van der Waals surface area contributed by atoms with Gasteiger partial charge in [-0.25, -0.2) is 13.9 Å². The number of rotatable bonds is 7. The number of hydrogen-bond acceptors (Lipinski definition) is 8. The minimum atomic E-state index is -3.87. The Hall–Kier alpha value is -5.76. The fourth-order valence-electron chi connectivity index (χ4n) is 6.99. The van der Waals surface area contributed by atoms with Crippen molar-refractivity contribution in [3.63, 3.8) is 0 Å². The van der Waals surface area contributed by atoms with Gasteiger partial charge in [-0.3, -0.25) is 14.1 Å². The summed E-state index contributed by atoms with van der Waals surface area (Å²) in [6.07, 6.45) is 4.97. The number of tetrazole rings is 1. The molecule has 6 aromatic rings. The number of anilines is 2. The Balaban J connectivity index is 0.931. The van der Waals surface area contributed by atoms with Crippen molar-refractivity contribution in [2.45, 2.75) is 38.0 Å². The molecule has 5 heterocycles. The average molecular weight is 694 g/mol. The highest BCUT2D eigenvalue weighted by Gasteiger charge is 2.59. The second-order valence-electron chi connectivity index (χ2n) is 13.2. The van der Waals surface area contributed by atoms with Gasteiger partial charge < -0.3 is 14.9 Å². The van der Waals surface area contributed by atoms with Gasteiger partial charge in [-0.05, 0) is 84.4 Å². The van der Waals surface area contributed by atoms with E-state index in [2.05, 4.69) is 30.3 Å². The molecule has 51 heavy (non-hydrogen) atoms. The van der Waals surface area contributed by atoms with E-state index in [-0.39, 0.29) is 28.7 Å². The number of benzene rings is 3. The van der Waals surface area contributed by atoms with Crippen LogP contribution in [0.5, 0.6) is 0 Å². The lowest BCUT2D eigenvalue weighted by atomic mass is 9.80. The minimum Gasteiger partial charge on any atom is -0.377 e. The average Bonchev–Trinajstić information content (AvgIpc) is 3.78. The van der Waals surface area contributed by atoms with Crippen LogP contribution in [0.3, 0.4) is 0 Å². The van der Waals surface area contributed by atoms with Gasteiger partial charge in [0.2, 0.25) is 0 Å². The smallest absolute Gasteiger partial charge is 0.332 e. The number of halogens is 3. The standard InChI is InChI=1S/C37H34F3N9O2/c1-24(2)47-19-20-48(35(47)50)30-11-9-29(10-12-30)46-17-15-45(16-18-46)28-7-3-25(4-8-28)26-5-14-33(41-22-26)37(39,40)36(51)23-49-34(42-43-44-49)31-21-27(38)6-13-32(31)36/h3-14,19-22,24,51H,15-18,23H2,1-2H3/t36-/m0/s1. The van der Waals surface area contributed by atoms with Crippen molar-refractivity contribution < 1.29 is 18.3 Å². The summed E-state index contributed by atoms with van der Waals surface area (Å²) in [5, 5.41) is 22.6. The van der Waals surface area contributed by atoms with Crippen LogP contribution in [0.25, 0.3) is 28.2 Å². The SMILES string of the molecule is CC(C)n1ccn(-c2ccc(N3CCN(c4ccc(-c5ccc(C(F)(F)[C@]6(O)Cn7nnnc7-c7cc(F)ccc76)nc5)cc4)CC3)cc2)c1=O. The topological polar surface area (TPSA) is 110 Å². The van der Waals surface area contributed by atoms with E-state index in [1.165, 1.54) is 12.3 Å². The molecule has 0 radical (unpaired) electrons. The van der Waals surface area contributed by atoms with E-state index in [0.717, 1.165) is 71.7 Å². The van der Waals surface area contributed by atoms with Crippen LogP contribution >= 0.6 is 0 Å². The van der Waals surface area contributed by atoms with E-state index in [0.29, 0.717) is 5.56 Å². The summed E-state index contributed by atoms with van der Waals surface area (Å²) < 4.78 is 50.8. The van der Waals surface area contributed by atoms with E-state index in [1.807, 2.05) is 68.6 Å². The van der Waals surface area contributed by atoms with Gasteiger partial charge in [-0.15, -0.1) is 5.10 Å². The van der Waals surface area contributed by atoms with E-state index >= 15 is 8.78 Å². The number of nitrogens with zero attached hydrogens (tertiary/aromatic N) is 9. The van der Waals surface area contributed by atoms with Gasteiger partial charge in [-0.1, -0.05) is 24.3 Å². The summed E-state index contributed by atoms with van der Waals surface area (Å²) in [7, 11) is 0. The van der Waals surface area contributed by atoms with Crippen molar-refractivity contribution >= 4 is 11.4 Å². The van der Waals surface area contributed by atoms with Gasteiger partial charge in [0.25, 0.3) is 0 Å². The van der Waals surface area contributed by atoms with Gasteiger partial charge in [0, 0.05) is 78.9 Å². The summed E-state index contributed by atoms with van der Waals surface area (Å²) in [5.74, 6) is -4.44. The molecule has 0 bridgehead atoms. The predicted molar refractivity (Wildman–Crippen MR) is 186 cm³/mol. The zero-order chi connectivity index (χ0) is 35.5. The molecule has 1 N–H and O–H groups in total. The molecule has 1 atom stereocenters. The molecule has 0 aliphatic carbocycles. The molecule has 8 rings (SSSR count). The van der Waals surface area contributed by atoms with Crippen LogP contribution in [0.4, 0.5) is 24.5 Å². The van der Waals surface area contributed by atoms with Crippen LogP contribution < -0.4 is 15.5 Å². The highest BCUT2D eigenvalue weighted by atomic mass is 19.3. The van der Waals surface area contributed by atoms with Crippen LogP contribution in [0.1, 0.15) is 31.1 Å². The first-order valence-electron chi connectivity index (χ1n) is 16.7. The number of aliphatic hydroxyl groups is 1. The monoisotopic (exact) mass is 693 g/mol. The summed E-state index contributed by atoms with van der Waals surface area (Å²) >= 11 is 0. The summed E-state index contributed by atoms with van der Waals surface area (Å²) in [4.78, 5) is 21.4. The molecule has 260 valence electrons. The second kappa shape index (κ2) is 12.2. The lowest BCUT2D eigenvalue weighted by Gasteiger charge is -2.39. The van der Waals surface area contributed by atoms with Crippen LogP contribution in [-0.4, -0.2) is 65.6 Å². The van der Waals surface area contributed by atoms with E-state index < -0.39 is 29.6 Å². The summed E-state index contributed by atoms with van der Waals surface area (Å²) in [6, 6.07) is 22.0. The van der Waals surface area contributed by atoms with Gasteiger partial charge >= 0.3 is 11.6 Å².